The van der Waals surface area contributed by atoms with Gasteiger partial charge in [0.15, 0.2) is 0 Å². The zero-order valence-corrected chi connectivity index (χ0v) is 12.9. The summed E-state index contributed by atoms with van der Waals surface area (Å²) in [5.41, 5.74) is 3.32. The standard InChI is InChI=1S/C18H12N4O3/c23-18-15(14-6-1-2-7-16(14)20-18)9-12-10-19-21-17(12)11-4-3-5-13(8-11)22(24)25/h1-10,12H,(H,20,23)/b15-9+/t12-/m1/s1. The summed E-state index contributed by atoms with van der Waals surface area (Å²) >= 11 is 0. The Morgan fingerprint density at radius 3 is 2.84 bits per heavy atom. The van der Waals surface area contributed by atoms with Gasteiger partial charge in [-0.15, -0.1) is 0 Å². The lowest BCUT2D eigenvalue weighted by atomic mass is 9.94. The fourth-order valence-corrected chi connectivity index (χ4v) is 2.94. The number of fused-ring (bicyclic) bond motifs is 1. The average molecular weight is 332 g/mol. The van der Waals surface area contributed by atoms with Crippen LogP contribution >= 0.6 is 0 Å². The summed E-state index contributed by atoms with van der Waals surface area (Å²) in [4.78, 5) is 22.8. The van der Waals surface area contributed by atoms with Crippen molar-refractivity contribution in [1.29, 1.82) is 0 Å². The van der Waals surface area contributed by atoms with E-state index >= 15 is 0 Å². The van der Waals surface area contributed by atoms with Gasteiger partial charge in [-0.25, -0.2) is 0 Å². The first-order valence-electron chi connectivity index (χ1n) is 7.62. The Balaban J connectivity index is 1.71. The highest BCUT2D eigenvalue weighted by Crippen LogP contribution is 2.33. The van der Waals surface area contributed by atoms with Crippen molar-refractivity contribution in [2.45, 2.75) is 0 Å². The summed E-state index contributed by atoms with van der Waals surface area (Å²) in [6, 6.07) is 13.7. The SMILES string of the molecule is O=C1Nc2ccccc2/C1=C\[C@@H]1C=NN=C1c1cccc([N+](=O)[O-])c1. The van der Waals surface area contributed by atoms with Crippen LogP contribution in [-0.2, 0) is 4.79 Å². The van der Waals surface area contributed by atoms with Crippen molar-refractivity contribution < 1.29 is 9.72 Å². The van der Waals surface area contributed by atoms with E-state index in [4.69, 9.17) is 0 Å². The largest absolute Gasteiger partial charge is 0.321 e. The van der Waals surface area contributed by atoms with Crippen molar-refractivity contribution in [2.24, 2.45) is 16.1 Å². The molecule has 0 bridgehead atoms. The molecule has 2 aromatic rings. The predicted octanol–water partition coefficient (Wildman–Crippen LogP) is 3.04. The second-order valence-electron chi connectivity index (χ2n) is 5.66. The minimum atomic E-state index is -0.450. The van der Waals surface area contributed by atoms with Crippen LogP contribution < -0.4 is 5.32 Å². The van der Waals surface area contributed by atoms with Crippen molar-refractivity contribution >= 4 is 34.8 Å². The predicted molar refractivity (Wildman–Crippen MR) is 94.7 cm³/mol. The molecular formula is C18H12N4O3. The monoisotopic (exact) mass is 332 g/mol. The van der Waals surface area contributed by atoms with Gasteiger partial charge in [0, 0.05) is 40.7 Å². The van der Waals surface area contributed by atoms with Crippen molar-refractivity contribution in [2.75, 3.05) is 5.32 Å². The third-order valence-electron chi connectivity index (χ3n) is 4.12. The first-order chi connectivity index (χ1) is 12.1. The molecule has 2 aromatic carbocycles. The quantitative estimate of drug-likeness (QED) is 0.531. The van der Waals surface area contributed by atoms with Crippen molar-refractivity contribution in [3.8, 4) is 0 Å². The number of benzene rings is 2. The number of non-ortho nitro benzene ring substituents is 1. The van der Waals surface area contributed by atoms with Gasteiger partial charge in [0.1, 0.15) is 0 Å². The normalized spacial score (nSPS) is 19.7. The number of nitro benzene ring substituents is 1. The smallest absolute Gasteiger partial charge is 0.270 e. The summed E-state index contributed by atoms with van der Waals surface area (Å²) in [6.45, 7) is 0. The molecule has 0 fully saturated rings. The zero-order valence-electron chi connectivity index (χ0n) is 12.9. The number of para-hydroxylation sites is 1. The molecule has 0 saturated heterocycles. The number of nitrogens with one attached hydrogen (secondary N) is 1. The molecule has 1 atom stereocenters. The number of rotatable bonds is 3. The zero-order chi connectivity index (χ0) is 17.4. The van der Waals surface area contributed by atoms with Gasteiger partial charge >= 0.3 is 0 Å². The number of hydrogen-bond acceptors (Lipinski definition) is 5. The summed E-state index contributed by atoms with van der Waals surface area (Å²) in [7, 11) is 0. The molecule has 0 aliphatic carbocycles. The molecule has 0 spiro atoms. The van der Waals surface area contributed by atoms with Gasteiger partial charge in [-0.1, -0.05) is 36.4 Å². The highest BCUT2D eigenvalue weighted by Gasteiger charge is 2.27. The summed E-state index contributed by atoms with van der Waals surface area (Å²) in [5, 5.41) is 21.8. The Hall–Kier alpha value is -3.61. The number of hydrogen-bond donors (Lipinski definition) is 1. The molecule has 0 unspecified atom stereocenters. The molecule has 7 heteroatoms. The number of nitro groups is 1. The van der Waals surface area contributed by atoms with Crippen LogP contribution in [-0.4, -0.2) is 22.8 Å². The first-order valence-corrected chi connectivity index (χ1v) is 7.62. The fourth-order valence-electron chi connectivity index (χ4n) is 2.94. The highest BCUT2D eigenvalue weighted by atomic mass is 16.6. The van der Waals surface area contributed by atoms with Crippen LogP contribution in [0.15, 0.2) is 64.8 Å². The third kappa shape index (κ3) is 2.61. The van der Waals surface area contributed by atoms with E-state index in [0.717, 1.165) is 11.3 Å². The van der Waals surface area contributed by atoms with Crippen LogP contribution in [0.25, 0.3) is 5.57 Å². The van der Waals surface area contributed by atoms with Gasteiger partial charge in [-0.3, -0.25) is 14.9 Å². The van der Waals surface area contributed by atoms with E-state index in [1.807, 2.05) is 24.3 Å². The molecule has 122 valence electrons. The first kappa shape index (κ1) is 14.9. The lowest BCUT2D eigenvalue weighted by Crippen LogP contribution is -2.14. The molecule has 7 nitrogen and oxygen atoms in total. The Morgan fingerprint density at radius 2 is 2.00 bits per heavy atom. The molecule has 0 saturated carbocycles. The highest BCUT2D eigenvalue weighted by molar-refractivity contribution is 6.32. The van der Waals surface area contributed by atoms with Gasteiger partial charge in [0.05, 0.1) is 16.6 Å². The van der Waals surface area contributed by atoms with Gasteiger partial charge in [0.25, 0.3) is 11.6 Å². The average Bonchev–Trinajstić information content (AvgIpc) is 3.20. The van der Waals surface area contributed by atoms with E-state index < -0.39 is 4.92 Å². The van der Waals surface area contributed by atoms with E-state index in [9.17, 15) is 14.9 Å². The maximum atomic E-state index is 12.3. The van der Waals surface area contributed by atoms with E-state index in [1.165, 1.54) is 12.1 Å². The van der Waals surface area contributed by atoms with Gasteiger partial charge in [-0.2, -0.15) is 10.2 Å². The van der Waals surface area contributed by atoms with E-state index in [-0.39, 0.29) is 17.5 Å². The molecule has 1 amide bonds. The van der Waals surface area contributed by atoms with E-state index in [1.54, 1.807) is 24.4 Å². The van der Waals surface area contributed by atoms with Gasteiger partial charge in [-0.05, 0) is 6.07 Å². The van der Waals surface area contributed by atoms with E-state index in [2.05, 4.69) is 15.5 Å². The van der Waals surface area contributed by atoms with Crippen LogP contribution in [0.5, 0.6) is 0 Å². The summed E-state index contributed by atoms with van der Waals surface area (Å²) in [6.07, 6.45) is 3.41. The maximum Gasteiger partial charge on any atom is 0.270 e. The van der Waals surface area contributed by atoms with Crippen LogP contribution in [0.4, 0.5) is 11.4 Å². The van der Waals surface area contributed by atoms with Crippen molar-refractivity contribution in [3.05, 3.63) is 75.8 Å². The Labute approximate surface area is 142 Å². The lowest BCUT2D eigenvalue weighted by molar-refractivity contribution is -0.384. The second kappa shape index (κ2) is 5.79. The number of anilines is 1. The van der Waals surface area contributed by atoms with Crippen LogP contribution in [0.1, 0.15) is 11.1 Å². The Morgan fingerprint density at radius 1 is 1.16 bits per heavy atom. The van der Waals surface area contributed by atoms with Crippen LogP contribution in [0, 0.1) is 16.0 Å². The number of nitrogens with zero attached hydrogens (tertiary/aromatic N) is 3. The number of allylic oxidation sites excluding steroid dienone is 1. The topological polar surface area (TPSA) is 97.0 Å². The number of carbonyl (C=O) groups excluding carboxylic acids is 1. The van der Waals surface area contributed by atoms with Crippen LogP contribution in [0.3, 0.4) is 0 Å². The Kier molecular flexibility index (Phi) is 3.46. The molecule has 2 heterocycles. The Bertz CT molecular complexity index is 991. The molecule has 0 radical (unpaired) electrons. The minimum Gasteiger partial charge on any atom is -0.321 e. The molecule has 0 aromatic heterocycles. The summed E-state index contributed by atoms with van der Waals surface area (Å²) < 4.78 is 0. The molecule has 1 N–H and O–H groups in total. The van der Waals surface area contributed by atoms with E-state index in [0.29, 0.717) is 16.8 Å². The molecular weight excluding hydrogens is 320 g/mol. The molecule has 25 heavy (non-hydrogen) atoms. The minimum absolute atomic E-state index is 0.0116. The van der Waals surface area contributed by atoms with Crippen LogP contribution in [0.2, 0.25) is 0 Å². The third-order valence-corrected chi connectivity index (χ3v) is 4.12. The van der Waals surface area contributed by atoms with Gasteiger partial charge in [0.2, 0.25) is 0 Å². The second-order valence-corrected chi connectivity index (χ2v) is 5.66. The van der Waals surface area contributed by atoms with Crippen molar-refractivity contribution in [1.82, 2.24) is 0 Å². The fraction of sp³-hybridized carbons (Fsp3) is 0.0556. The lowest BCUT2D eigenvalue weighted by Gasteiger charge is -2.07. The summed E-state index contributed by atoms with van der Waals surface area (Å²) in [5.74, 6) is -0.506. The molecule has 2 aliphatic heterocycles. The van der Waals surface area contributed by atoms with Gasteiger partial charge < -0.3 is 5.32 Å². The molecule has 4 rings (SSSR count). The number of carbonyl (C=O) groups is 1. The molecule has 2 aliphatic rings. The number of amides is 1. The van der Waals surface area contributed by atoms with Crippen molar-refractivity contribution in [3.63, 3.8) is 0 Å². The maximum absolute atomic E-state index is 12.3.